The molecule has 0 amide bonds. The van der Waals surface area contributed by atoms with Gasteiger partial charge in [0.15, 0.2) is 5.75 Å². The molecule has 0 aliphatic heterocycles. The van der Waals surface area contributed by atoms with Crippen LogP contribution in [0.5, 0.6) is 17.8 Å². The first kappa shape index (κ1) is 18.4. The SMILES string of the molecule is COc1nc(N=Nc2cc(S(=O)(=O)O)c3ccccc3c2O)nc(OC)n1. The van der Waals surface area contributed by atoms with Crippen LogP contribution in [0.1, 0.15) is 0 Å². The van der Waals surface area contributed by atoms with Crippen LogP contribution in [-0.4, -0.2) is 47.2 Å². The van der Waals surface area contributed by atoms with Crippen LogP contribution in [0, 0.1) is 0 Å². The Morgan fingerprint density at radius 1 is 0.963 bits per heavy atom. The highest BCUT2D eigenvalue weighted by molar-refractivity contribution is 7.86. The molecule has 1 aromatic heterocycles. The van der Waals surface area contributed by atoms with Gasteiger partial charge in [-0.05, 0) is 6.07 Å². The van der Waals surface area contributed by atoms with Crippen molar-refractivity contribution < 1.29 is 27.6 Å². The van der Waals surface area contributed by atoms with E-state index in [0.717, 1.165) is 6.07 Å². The molecule has 27 heavy (non-hydrogen) atoms. The molecule has 3 aromatic rings. The number of phenolic OH excluding ortho intramolecular Hbond substituents is 1. The molecule has 11 nitrogen and oxygen atoms in total. The van der Waals surface area contributed by atoms with Crippen molar-refractivity contribution in [1.29, 1.82) is 0 Å². The maximum Gasteiger partial charge on any atom is 0.324 e. The second-order valence-corrected chi connectivity index (χ2v) is 6.46. The van der Waals surface area contributed by atoms with E-state index in [2.05, 4.69) is 25.2 Å². The van der Waals surface area contributed by atoms with Crippen molar-refractivity contribution in [3.05, 3.63) is 30.3 Å². The molecule has 0 aliphatic rings. The number of fused-ring (bicyclic) bond motifs is 1. The lowest BCUT2D eigenvalue weighted by Crippen LogP contribution is -1.99. The first-order chi connectivity index (χ1) is 12.8. The fourth-order valence-corrected chi connectivity index (χ4v) is 2.97. The maximum absolute atomic E-state index is 11.7. The van der Waals surface area contributed by atoms with Gasteiger partial charge in [0.05, 0.1) is 14.2 Å². The van der Waals surface area contributed by atoms with E-state index in [1.54, 1.807) is 12.1 Å². The van der Waals surface area contributed by atoms with Gasteiger partial charge in [-0.1, -0.05) is 24.3 Å². The van der Waals surface area contributed by atoms with E-state index in [-0.39, 0.29) is 40.2 Å². The van der Waals surface area contributed by atoms with Crippen LogP contribution in [0.4, 0.5) is 11.6 Å². The van der Waals surface area contributed by atoms with Gasteiger partial charge in [0.2, 0.25) is 0 Å². The summed E-state index contributed by atoms with van der Waals surface area (Å²) in [6, 6.07) is 6.94. The van der Waals surface area contributed by atoms with E-state index >= 15 is 0 Å². The Hall–Kier alpha value is -3.38. The standard InChI is InChI=1S/C15H13N5O6S/c1-25-14-16-13(17-15(18-14)26-2)20-19-10-7-11(27(22,23)24)8-5-3-4-6-9(8)12(10)21/h3-7,21H,1-2H3,(H,22,23,24). The molecule has 2 aromatic carbocycles. The molecular formula is C15H13N5O6S. The number of benzene rings is 2. The summed E-state index contributed by atoms with van der Waals surface area (Å²) in [5.41, 5.74) is -0.209. The van der Waals surface area contributed by atoms with Gasteiger partial charge < -0.3 is 14.6 Å². The molecule has 0 spiro atoms. The molecule has 1 heterocycles. The van der Waals surface area contributed by atoms with E-state index in [1.807, 2.05) is 0 Å². The zero-order valence-electron chi connectivity index (χ0n) is 14.1. The number of aromatic hydroxyl groups is 1. The predicted octanol–water partition coefficient (Wildman–Crippen LogP) is 2.41. The smallest absolute Gasteiger partial charge is 0.324 e. The Kier molecular flexibility index (Phi) is 4.83. The number of hydrogen-bond acceptors (Lipinski definition) is 10. The molecule has 0 saturated heterocycles. The van der Waals surface area contributed by atoms with Gasteiger partial charge in [0, 0.05) is 10.8 Å². The zero-order chi connectivity index (χ0) is 19.6. The van der Waals surface area contributed by atoms with E-state index in [1.165, 1.54) is 26.4 Å². The summed E-state index contributed by atoms with van der Waals surface area (Å²) < 4.78 is 42.6. The van der Waals surface area contributed by atoms with Gasteiger partial charge in [-0.25, -0.2) is 0 Å². The first-order valence-electron chi connectivity index (χ1n) is 7.31. The first-order valence-corrected chi connectivity index (χ1v) is 8.75. The molecule has 3 rings (SSSR count). The van der Waals surface area contributed by atoms with Gasteiger partial charge in [-0.3, -0.25) is 4.55 Å². The minimum atomic E-state index is -4.57. The largest absolute Gasteiger partial charge is 0.505 e. The summed E-state index contributed by atoms with van der Waals surface area (Å²) >= 11 is 0. The van der Waals surface area contributed by atoms with Gasteiger partial charge in [0.1, 0.15) is 10.6 Å². The number of azo groups is 1. The molecule has 0 bridgehead atoms. The number of rotatable bonds is 5. The van der Waals surface area contributed by atoms with Gasteiger partial charge in [-0.15, -0.1) is 15.2 Å². The Morgan fingerprint density at radius 3 is 2.11 bits per heavy atom. The molecule has 0 radical (unpaired) electrons. The fraction of sp³-hybridized carbons (Fsp3) is 0.133. The number of phenols is 1. The minimum absolute atomic E-state index is 0.0721. The third-order valence-corrected chi connectivity index (χ3v) is 4.32. The molecule has 0 aliphatic carbocycles. The molecule has 12 heteroatoms. The second-order valence-electron chi connectivity index (χ2n) is 5.07. The average molecular weight is 391 g/mol. The van der Waals surface area contributed by atoms with Crippen LogP contribution < -0.4 is 9.47 Å². The van der Waals surface area contributed by atoms with Crippen LogP contribution >= 0.6 is 0 Å². The highest BCUT2D eigenvalue weighted by Gasteiger charge is 2.19. The number of hydrogen-bond donors (Lipinski definition) is 2. The molecule has 0 atom stereocenters. The zero-order valence-corrected chi connectivity index (χ0v) is 14.9. The highest BCUT2D eigenvalue weighted by atomic mass is 32.2. The van der Waals surface area contributed by atoms with Crippen molar-refractivity contribution >= 4 is 32.5 Å². The lowest BCUT2D eigenvalue weighted by atomic mass is 10.1. The Bertz CT molecular complexity index is 1130. The van der Waals surface area contributed by atoms with Crippen molar-refractivity contribution in [3.8, 4) is 17.8 Å². The van der Waals surface area contributed by atoms with Crippen LogP contribution in [0.25, 0.3) is 10.8 Å². The van der Waals surface area contributed by atoms with Crippen LogP contribution in [0.3, 0.4) is 0 Å². The third kappa shape index (κ3) is 3.75. The summed E-state index contributed by atoms with van der Waals surface area (Å²) in [5, 5.41) is 18.2. The molecule has 2 N–H and O–H groups in total. The van der Waals surface area contributed by atoms with Crippen molar-refractivity contribution in [1.82, 2.24) is 15.0 Å². The lowest BCUT2D eigenvalue weighted by Gasteiger charge is -2.08. The van der Waals surface area contributed by atoms with E-state index < -0.39 is 15.0 Å². The van der Waals surface area contributed by atoms with Gasteiger partial charge >= 0.3 is 12.0 Å². The monoisotopic (exact) mass is 391 g/mol. The fourth-order valence-electron chi connectivity index (χ4n) is 2.26. The highest BCUT2D eigenvalue weighted by Crippen LogP contribution is 2.39. The third-order valence-electron chi connectivity index (χ3n) is 3.43. The number of ether oxygens (including phenoxy) is 2. The van der Waals surface area contributed by atoms with E-state index in [0.29, 0.717) is 0 Å². The summed E-state index contributed by atoms with van der Waals surface area (Å²) in [5.74, 6) is -0.519. The topological polar surface area (TPSA) is 156 Å². The lowest BCUT2D eigenvalue weighted by molar-refractivity contribution is 0.340. The van der Waals surface area contributed by atoms with Crippen LogP contribution in [0.2, 0.25) is 0 Å². The summed E-state index contributed by atoms with van der Waals surface area (Å²) in [7, 11) is -1.89. The molecule has 0 unspecified atom stereocenters. The van der Waals surface area contributed by atoms with Crippen molar-refractivity contribution in [2.75, 3.05) is 14.2 Å². The molecule has 0 fully saturated rings. The normalized spacial score (nSPS) is 11.8. The quantitative estimate of drug-likeness (QED) is 0.492. The molecular weight excluding hydrogens is 378 g/mol. The van der Waals surface area contributed by atoms with E-state index in [4.69, 9.17) is 9.47 Å². The average Bonchev–Trinajstić information content (AvgIpc) is 2.66. The van der Waals surface area contributed by atoms with Gasteiger partial charge in [-0.2, -0.15) is 18.4 Å². The summed E-state index contributed by atoms with van der Waals surface area (Å²) in [6.07, 6.45) is 0. The Labute approximate surface area is 153 Å². The van der Waals surface area contributed by atoms with Crippen molar-refractivity contribution in [2.24, 2.45) is 10.2 Å². The Morgan fingerprint density at radius 2 is 1.56 bits per heavy atom. The number of nitrogens with zero attached hydrogens (tertiary/aromatic N) is 5. The maximum atomic E-state index is 11.7. The number of methoxy groups -OCH3 is 2. The minimum Gasteiger partial charge on any atom is -0.505 e. The van der Waals surface area contributed by atoms with Gasteiger partial charge in [0.25, 0.3) is 16.1 Å². The molecule has 140 valence electrons. The summed E-state index contributed by atoms with van der Waals surface area (Å²) in [4.78, 5) is 11.1. The van der Waals surface area contributed by atoms with Crippen molar-refractivity contribution in [2.45, 2.75) is 4.90 Å². The molecule has 0 saturated carbocycles. The Balaban J connectivity index is 2.15. The van der Waals surface area contributed by atoms with Crippen LogP contribution in [0.15, 0.2) is 45.5 Å². The predicted molar refractivity (Wildman–Crippen MR) is 92.5 cm³/mol. The van der Waals surface area contributed by atoms with E-state index in [9.17, 15) is 18.1 Å². The second kappa shape index (κ2) is 7.09. The van der Waals surface area contributed by atoms with Crippen molar-refractivity contribution in [3.63, 3.8) is 0 Å². The summed E-state index contributed by atoms with van der Waals surface area (Å²) in [6.45, 7) is 0. The number of aromatic nitrogens is 3. The van der Waals surface area contributed by atoms with Crippen LogP contribution in [-0.2, 0) is 10.1 Å².